The van der Waals surface area contributed by atoms with Crippen LogP contribution in [0.5, 0.6) is 0 Å². The van der Waals surface area contributed by atoms with E-state index in [9.17, 15) is 0 Å². The van der Waals surface area contributed by atoms with Gasteiger partial charge in [0.1, 0.15) is 0 Å². The lowest BCUT2D eigenvalue weighted by Crippen LogP contribution is -2.07. The van der Waals surface area contributed by atoms with Gasteiger partial charge in [-0.25, -0.2) is 0 Å². The molecule has 1 saturated carbocycles. The van der Waals surface area contributed by atoms with E-state index >= 15 is 0 Å². The van der Waals surface area contributed by atoms with Gasteiger partial charge in [-0.3, -0.25) is 0 Å². The van der Waals surface area contributed by atoms with Gasteiger partial charge in [-0.2, -0.15) is 0 Å². The van der Waals surface area contributed by atoms with Gasteiger partial charge in [0.25, 0.3) is 0 Å². The maximum Gasteiger partial charge on any atom is 0.0506 e. The van der Waals surface area contributed by atoms with Crippen molar-refractivity contribution in [2.24, 2.45) is 5.92 Å². The third kappa shape index (κ3) is 3.67. The summed E-state index contributed by atoms with van der Waals surface area (Å²) in [6, 6.07) is 11.2. The third-order valence-electron chi connectivity index (χ3n) is 3.15. The summed E-state index contributed by atoms with van der Waals surface area (Å²) in [6.07, 6.45) is 6.59. The number of rotatable bonds is 5. The summed E-state index contributed by atoms with van der Waals surface area (Å²) in [5.41, 5.74) is 1.35. The van der Waals surface area contributed by atoms with Gasteiger partial charge >= 0.3 is 0 Å². The van der Waals surface area contributed by atoms with E-state index in [4.69, 9.17) is 4.74 Å². The molecule has 1 aromatic rings. The zero-order chi connectivity index (χ0) is 10.3. The van der Waals surface area contributed by atoms with E-state index in [-0.39, 0.29) is 0 Å². The molecule has 81 valence electrons. The van der Waals surface area contributed by atoms with Crippen LogP contribution in [0.1, 0.15) is 31.2 Å². The van der Waals surface area contributed by atoms with Crippen molar-refractivity contribution in [3.05, 3.63) is 35.9 Å². The zero-order valence-electron chi connectivity index (χ0n) is 9.24. The van der Waals surface area contributed by atoms with Crippen molar-refractivity contribution >= 4 is 0 Å². The van der Waals surface area contributed by atoms with Gasteiger partial charge in [-0.05, 0) is 36.8 Å². The smallest absolute Gasteiger partial charge is 0.0506 e. The molecule has 1 nitrogen and oxygen atoms in total. The highest BCUT2D eigenvalue weighted by Crippen LogP contribution is 2.24. The minimum Gasteiger partial charge on any atom is -0.381 e. The topological polar surface area (TPSA) is 9.23 Å². The van der Waals surface area contributed by atoms with Gasteiger partial charge in [0, 0.05) is 6.61 Å². The number of hydrogen-bond acceptors (Lipinski definition) is 1. The Hall–Kier alpha value is -0.820. The van der Waals surface area contributed by atoms with Crippen molar-refractivity contribution in [2.45, 2.75) is 32.1 Å². The Balaban J connectivity index is 1.59. The average molecular weight is 203 g/mol. The van der Waals surface area contributed by atoms with Crippen molar-refractivity contribution in [1.29, 1.82) is 0 Å². The van der Waals surface area contributed by atoms with Crippen LogP contribution in [0.3, 0.4) is 0 Å². The Bertz CT molecular complexity index is 262. The van der Waals surface area contributed by atoms with Gasteiger partial charge in [0.2, 0.25) is 0 Å². The Morgan fingerprint density at radius 3 is 2.67 bits per heavy atom. The first kappa shape index (κ1) is 10.7. The molecule has 0 N–H and O–H groups in total. The highest BCUT2D eigenvalue weighted by molar-refractivity contribution is 5.13. The fourth-order valence-electron chi connectivity index (χ4n) is 2.21. The third-order valence-corrected chi connectivity index (χ3v) is 3.15. The first-order valence-electron chi connectivity index (χ1n) is 5.98. The van der Waals surface area contributed by atoms with E-state index in [1.807, 2.05) is 12.1 Å². The molecular weight excluding hydrogens is 184 g/mol. The average Bonchev–Trinajstić information content (AvgIpc) is 2.79. The van der Waals surface area contributed by atoms with Crippen molar-refractivity contribution < 1.29 is 4.74 Å². The summed E-state index contributed by atoms with van der Waals surface area (Å²) in [5, 5.41) is 0. The fraction of sp³-hybridized carbons (Fsp3) is 0.571. The number of ether oxygens (including phenoxy) is 1. The quantitative estimate of drug-likeness (QED) is 0.668. The Labute approximate surface area is 92.5 Å². The molecule has 1 heteroatoms. The van der Waals surface area contributed by atoms with Crippen LogP contribution < -0.4 is 0 Å². The van der Waals surface area contributed by atoms with Crippen LogP contribution in [-0.2, 0) is 11.2 Å². The lowest BCUT2D eigenvalue weighted by atomic mass is 10.1. The van der Waals surface area contributed by atoms with E-state index in [0.29, 0.717) is 0 Å². The van der Waals surface area contributed by atoms with Gasteiger partial charge in [0.05, 0.1) is 6.61 Å². The number of benzene rings is 1. The largest absolute Gasteiger partial charge is 0.381 e. The van der Waals surface area contributed by atoms with Gasteiger partial charge < -0.3 is 4.74 Å². The molecule has 0 amide bonds. The first-order chi connectivity index (χ1) is 7.45. The summed E-state index contributed by atoms with van der Waals surface area (Å²) in [5.74, 6) is 0.842. The molecule has 0 unspecified atom stereocenters. The van der Waals surface area contributed by atoms with Crippen LogP contribution in [0.15, 0.2) is 24.3 Å². The van der Waals surface area contributed by atoms with E-state index in [1.54, 1.807) is 0 Å². The molecule has 15 heavy (non-hydrogen) atoms. The summed E-state index contributed by atoms with van der Waals surface area (Å²) >= 11 is 0. The van der Waals surface area contributed by atoms with Crippen LogP contribution in [0.2, 0.25) is 0 Å². The molecular formula is C14H19O. The van der Waals surface area contributed by atoms with Crippen LogP contribution in [0.25, 0.3) is 0 Å². The monoisotopic (exact) mass is 203 g/mol. The molecule has 0 atom stereocenters. The number of hydrogen-bond donors (Lipinski definition) is 0. The lowest BCUT2D eigenvalue weighted by molar-refractivity contribution is 0.104. The summed E-state index contributed by atoms with van der Waals surface area (Å²) in [7, 11) is 0. The summed E-state index contributed by atoms with van der Waals surface area (Å²) in [6.45, 7) is 1.83. The highest BCUT2D eigenvalue weighted by atomic mass is 16.5. The SMILES string of the molecule is [c]1ccc(CCOCC2CCCC2)cc1. The molecule has 0 bridgehead atoms. The Kier molecular flexibility index (Phi) is 4.22. The fourth-order valence-corrected chi connectivity index (χ4v) is 2.21. The van der Waals surface area contributed by atoms with Crippen molar-refractivity contribution in [1.82, 2.24) is 0 Å². The van der Waals surface area contributed by atoms with Crippen LogP contribution in [0.4, 0.5) is 0 Å². The second kappa shape index (κ2) is 5.92. The maximum atomic E-state index is 5.71. The standard InChI is InChI=1S/C14H19O/c1-2-6-13(7-3-1)10-11-15-12-14-8-4-5-9-14/h2-3,6-7,14H,4-5,8-12H2. The molecule has 0 aromatic heterocycles. The summed E-state index contributed by atoms with van der Waals surface area (Å²) in [4.78, 5) is 0. The van der Waals surface area contributed by atoms with E-state index < -0.39 is 0 Å². The van der Waals surface area contributed by atoms with Crippen molar-refractivity contribution in [2.75, 3.05) is 13.2 Å². The molecule has 0 heterocycles. The second-order valence-corrected chi connectivity index (χ2v) is 4.38. The highest BCUT2D eigenvalue weighted by Gasteiger charge is 2.14. The van der Waals surface area contributed by atoms with Crippen LogP contribution >= 0.6 is 0 Å². The van der Waals surface area contributed by atoms with Crippen LogP contribution in [0, 0.1) is 12.0 Å². The molecule has 1 radical (unpaired) electrons. The maximum absolute atomic E-state index is 5.71. The second-order valence-electron chi connectivity index (χ2n) is 4.38. The van der Waals surface area contributed by atoms with Gasteiger partial charge in [-0.15, -0.1) is 0 Å². The molecule has 2 rings (SSSR count). The van der Waals surface area contributed by atoms with Gasteiger partial charge in [0.15, 0.2) is 0 Å². The summed E-state index contributed by atoms with van der Waals surface area (Å²) < 4.78 is 5.71. The molecule has 1 aromatic carbocycles. The molecule has 1 aliphatic carbocycles. The van der Waals surface area contributed by atoms with E-state index in [2.05, 4.69) is 18.2 Å². The molecule has 0 saturated heterocycles. The zero-order valence-corrected chi connectivity index (χ0v) is 9.24. The molecule has 1 aliphatic rings. The predicted octanol–water partition coefficient (Wildman–Crippen LogP) is 3.24. The van der Waals surface area contributed by atoms with Crippen molar-refractivity contribution in [3.8, 4) is 0 Å². The van der Waals surface area contributed by atoms with E-state index in [0.717, 1.165) is 25.6 Å². The normalized spacial score (nSPS) is 17.1. The predicted molar refractivity (Wildman–Crippen MR) is 61.8 cm³/mol. The minimum absolute atomic E-state index is 0.842. The van der Waals surface area contributed by atoms with Crippen LogP contribution in [-0.4, -0.2) is 13.2 Å². The van der Waals surface area contributed by atoms with Gasteiger partial charge in [-0.1, -0.05) is 37.1 Å². The Morgan fingerprint density at radius 1 is 1.20 bits per heavy atom. The molecule has 0 aliphatic heterocycles. The minimum atomic E-state index is 0.842. The molecule has 1 fully saturated rings. The molecule has 0 spiro atoms. The lowest BCUT2D eigenvalue weighted by Gasteiger charge is -2.09. The van der Waals surface area contributed by atoms with Crippen molar-refractivity contribution in [3.63, 3.8) is 0 Å². The first-order valence-corrected chi connectivity index (χ1v) is 5.98. The Morgan fingerprint density at radius 2 is 1.93 bits per heavy atom. The van der Waals surface area contributed by atoms with E-state index in [1.165, 1.54) is 31.2 Å².